The highest BCUT2D eigenvalue weighted by atomic mass is 32.2. The Morgan fingerprint density at radius 1 is 1.33 bits per heavy atom. The normalized spacial score (nSPS) is 16.6. The topological polar surface area (TPSA) is 60.5 Å². The van der Waals surface area contributed by atoms with Gasteiger partial charge in [0.05, 0.1) is 16.3 Å². The number of thioether (sulfide) groups is 1. The van der Waals surface area contributed by atoms with E-state index >= 15 is 0 Å². The molecule has 0 aliphatic carbocycles. The molecule has 0 spiro atoms. The van der Waals surface area contributed by atoms with Gasteiger partial charge in [-0.05, 0) is 61.6 Å². The van der Waals surface area contributed by atoms with E-state index in [0.717, 1.165) is 45.4 Å². The number of hydrogen-bond acceptors (Lipinski definition) is 6. The maximum absolute atomic E-state index is 12.5. The zero-order valence-corrected chi connectivity index (χ0v) is 16.6. The number of fused-ring (bicyclic) bond motifs is 1. The fourth-order valence-corrected chi connectivity index (χ4v) is 4.47. The van der Waals surface area contributed by atoms with Gasteiger partial charge in [-0.1, -0.05) is 11.8 Å². The third-order valence-corrected chi connectivity index (χ3v) is 6.38. The highest BCUT2D eigenvalue weighted by molar-refractivity contribution is 8.00. The minimum atomic E-state index is -0.144. The highest BCUT2D eigenvalue weighted by Gasteiger charge is 2.16. The van der Waals surface area contributed by atoms with E-state index in [1.807, 2.05) is 36.6 Å². The van der Waals surface area contributed by atoms with Crippen LogP contribution >= 0.6 is 23.1 Å². The van der Waals surface area contributed by atoms with E-state index in [1.54, 1.807) is 35.2 Å². The number of thiazole rings is 1. The summed E-state index contributed by atoms with van der Waals surface area (Å²) >= 11 is 3.25. The van der Waals surface area contributed by atoms with Crippen molar-refractivity contribution in [3.63, 3.8) is 0 Å². The molecule has 0 radical (unpaired) electrons. The van der Waals surface area contributed by atoms with Crippen molar-refractivity contribution in [2.75, 3.05) is 24.8 Å². The lowest BCUT2D eigenvalue weighted by atomic mass is 10.2. The molecule has 0 unspecified atom stereocenters. The monoisotopic (exact) mass is 400 g/mol. The van der Waals surface area contributed by atoms with E-state index in [4.69, 9.17) is 9.47 Å². The minimum absolute atomic E-state index is 0.144. The van der Waals surface area contributed by atoms with Gasteiger partial charge < -0.3 is 14.8 Å². The van der Waals surface area contributed by atoms with E-state index in [9.17, 15) is 4.79 Å². The number of carbonyl (C=O) groups is 1. The number of rotatable bonds is 6. The van der Waals surface area contributed by atoms with Gasteiger partial charge in [0, 0.05) is 17.9 Å². The van der Waals surface area contributed by atoms with E-state index in [2.05, 4.69) is 10.3 Å². The number of aromatic nitrogens is 1. The Morgan fingerprint density at radius 3 is 2.93 bits per heavy atom. The molecule has 4 rings (SSSR count). The van der Waals surface area contributed by atoms with Crippen LogP contribution in [0.25, 0.3) is 10.2 Å². The molecule has 7 heteroatoms. The van der Waals surface area contributed by atoms with Crippen LogP contribution in [-0.2, 0) is 4.74 Å². The van der Waals surface area contributed by atoms with Crippen molar-refractivity contribution >= 4 is 44.9 Å². The molecule has 27 heavy (non-hydrogen) atoms. The molecule has 0 bridgehead atoms. The molecule has 1 atom stereocenters. The quantitative estimate of drug-likeness (QED) is 0.601. The lowest BCUT2D eigenvalue weighted by Gasteiger charge is -2.11. The largest absolute Gasteiger partial charge is 0.491 e. The van der Waals surface area contributed by atoms with Crippen LogP contribution in [0, 0.1) is 0 Å². The van der Waals surface area contributed by atoms with Gasteiger partial charge in [0.25, 0.3) is 5.91 Å². The molecule has 2 aromatic carbocycles. The number of nitrogens with one attached hydrogen (secondary N) is 1. The summed E-state index contributed by atoms with van der Waals surface area (Å²) < 4.78 is 13.4. The standard InChI is InChI=1S/C20H20N2O3S2/c1-26-20-22-17-9-6-14(11-18(17)27-20)21-19(23)13-4-7-15(8-5-13)25-12-16-3-2-10-24-16/h4-9,11,16H,2-3,10,12H2,1H3,(H,21,23)/t16-/m0/s1. The third kappa shape index (κ3) is 4.43. The van der Waals surface area contributed by atoms with Crippen LogP contribution in [0.3, 0.4) is 0 Å². The predicted octanol–water partition coefficient (Wildman–Crippen LogP) is 4.83. The minimum Gasteiger partial charge on any atom is -0.491 e. The summed E-state index contributed by atoms with van der Waals surface area (Å²) in [4.78, 5) is 17.0. The molecule has 1 saturated heterocycles. The van der Waals surface area contributed by atoms with Gasteiger partial charge in [-0.15, -0.1) is 11.3 Å². The van der Waals surface area contributed by atoms with Crippen molar-refractivity contribution in [3.05, 3.63) is 48.0 Å². The van der Waals surface area contributed by atoms with Crippen LogP contribution in [-0.4, -0.2) is 36.5 Å². The SMILES string of the molecule is CSc1nc2ccc(NC(=O)c3ccc(OC[C@@H]4CCCO4)cc3)cc2s1. The van der Waals surface area contributed by atoms with Crippen LogP contribution in [0.2, 0.25) is 0 Å². The molecular weight excluding hydrogens is 380 g/mol. The number of amides is 1. The Kier molecular flexibility index (Phi) is 5.61. The summed E-state index contributed by atoms with van der Waals surface area (Å²) in [5.41, 5.74) is 2.31. The lowest BCUT2D eigenvalue weighted by molar-refractivity contribution is 0.0679. The van der Waals surface area contributed by atoms with Crippen LogP contribution in [0.15, 0.2) is 46.8 Å². The summed E-state index contributed by atoms with van der Waals surface area (Å²) in [6.07, 6.45) is 4.33. The third-order valence-electron chi connectivity index (χ3n) is 4.38. The van der Waals surface area contributed by atoms with Gasteiger partial charge in [0.1, 0.15) is 12.4 Å². The first-order valence-electron chi connectivity index (χ1n) is 8.82. The average Bonchev–Trinajstić information content (AvgIpc) is 3.35. The van der Waals surface area contributed by atoms with Crippen LogP contribution in [0.5, 0.6) is 5.75 Å². The molecule has 1 aliphatic heterocycles. The molecule has 1 N–H and O–H groups in total. The van der Waals surface area contributed by atoms with Crippen molar-refractivity contribution < 1.29 is 14.3 Å². The number of hydrogen-bond donors (Lipinski definition) is 1. The van der Waals surface area contributed by atoms with Gasteiger partial charge in [0.15, 0.2) is 4.34 Å². The smallest absolute Gasteiger partial charge is 0.255 e. The lowest BCUT2D eigenvalue weighted by Crippen LogP contribution is -2.16. The average molecular weight is 401 g/mol. The summed E-state index contributed by atoms with van der Waals surface area (Å²) in [7, 11) is 0. The number of benzene rings is 2. The number of anilines is 1. The molecule has 140 valence electrons. The molecule has 3 aromatic rings. The Labute approximate surface area is 166 Å². The Hall–Kier alpha value is -2.09. The summed E-state index contributed by atoms with van der Waals surface area (Å²) in [5, 5.41) is 2.95. The second-order valence-corrected chi connectivity index (χ2v) is 8.37. The molecule has 0 saturated carbocycles. The second-order valence-electron chi connectivity index (χ2n) is 6.29. The van der Waals surface area contributed by atoms with E-state index < -0.39 is 0 Å². The fraction of sp³-hybridized carbons (Fsp3) is 0.300. The number of ether oxygens (including phenoxy) is 2. The maximum atomic E-state index is 12.5. The van der Waals surface area contributed by atoms with Gasteiger partial charge in [-0.3, -0.25) is 4.79 Å². The van der Waals surface area contributed by atoms with Gasteiger partial charge in [-0.2, -0.15) is 0 Å². The predicted molar refractivity (Wildman–Crippen MR) is 110 cm³/mol. The van der Waals surface area contributed by atoms with E-state index in [0.29, 0.717) is 12.2 Å². The maximum Gasteiger partial charge on any atom is 0.255 e. The summed E-state index contributed by atoms with van der Waals surface area (Å²) in [6.45, 7) is 1.37. The molecule has 1 fully saturated rings. The van der Waals surface area contributed by atoms with Gasteiger partial charge >= 0.3 is 0 Å². The Bertz CT molecular complexity index is 934. The number of carbonyl (C=O) groups excluding carboxylic acids is 1. The van der Waals surface area contributed by atoms with Crippen LogP contribution in [0.4, 0.5) is 5.69 Å². The Balaban J connectivity index is 1.38. The van der Waals surface area contributed by atoms with Crippen molar-refractivity contribution in [1.29, 1.82) is 0 Å². The first-order chi connectivity index (χ1) is 13.2. The van der Waals surface area contributed by atoms with E-state index in [-0.39, 0.29) is 12.0 Å². The molecule has 1 amide bonds. The molecule has 5 nitrogen and oxygen atoms in total. The Morgan fingerprint density at radius 2 is 2.19 bits per heavy atom. The van der Waals surface area contributed by atoms with Crippen molar-refractivity contribution in [2.45, 2.75) is 23.3 Å². The van der Waals surface area contributed by atoms with Crippen molar-refractivity contribution in [3.8, 4) is 5.75 Å². The van der Waals surface area contributed by atoms with Crippen LogP contribution in [0.1, 0.15) is 23.2 Å². The molecule has 2 heterocycles. The molecule has 1 aliphatic rings. The summed E-state index contributed by atoms with van der Waals surface area (Å²) in [5.74, 6) is 0.604. The van der Waals surface area contributed by atoms with Crippen molar-refractivity contribution in [2.24, 2.45) is 0 Å². The zero-order chi connectivity index (χ0) is 18.6. The second kappa shape index (κ2) is 8.29. The fourth-order valence-electron chi connectivity index (χ4n) is 2.94. The first kappa shape index (κ1) is 18.3. The number of nitrogens with zero attached hydrogens (tertiary/aromatic N) is 1. The highest BCUT2D eigenvalue weighted by Crippen LogP contribution is 2.30. The molecule has 1 aromatic heterocycles. The van der Waals surface area contributed by atoms with Crippen LogP contribution < -0.4 is 10.1 Å². The van der Waals surface area contributed by atoms with Crippen molar-refractivity contribution in [1.82, 2.24) is 4.98 Å². The van der Waals surface area contributed by atoms with Gasteiger partial charge in [-0.25, -0.2) is 4.98 Å². The van der Waals surface area contributed by atoms with Gasteiger partial charge in [0.2, 0.25) is 0 Å². The zero-order valence-electron chi connectivity index (χ0n) is 14.9. The van der Waals surface area contributed by atoms with E-state index in [1.165, 1.54) is 0 Å². The molecular formula is C20H20N2O3S2. The first-order valence-corrected chi connectivity index (χ1v) is 10.9. The summed E-state index contributed by atoms with van der Waals surface area (Å²) in [6, 6.07) is 13.0.